The Kier molecular flexibility index (Phi) is 5.63. The van der Waals surface area contributed by atoms with E-state index in [1.165, 1.54) is 11.6 Å². The summed E-state index contributed by atoms with van der Waals surface area (Å²) in [5.41, 5.74) is 9.60. The molecule has 0 atom stereocenters. The van der Waals surface area contributed by atoms with E-state index in [-0.39, 0.29) is 5.57 Å². The van der Waals surface area contributed by atoms with Crippen LogP contribution in [-0.4, -0.2) is 16.5 Å². The van der Waals surface area contributed by atoms with Crippen LogP contribution < -0.4 is 11.1 Å². The van der Waals surface area contributed by atoms with Gasteiger partial charge < -0.3 is 10.3 Å². The molecule has 3 N–H and O–H groups in total. The molecule has 6 heteroatoms. The number of nitrogens with zero attached hydrogens (tertiary/aromatic N) is 2. The van der Waals surface area contributed by atoms with Gasteiger partial charge in [0.1, 0.15) is 11.6 Å². The fourth-order valence-electron chi connectivity index (χ4n) is 2.82. The second-order valence-electron chi connectivity index (χ2n) is 6.40. The number of aryl methyl sites for hydroxylation is 1. The number of carbonyl (C=O) groups is 2. The molecule has 1 aromatic carbocycles. The molecule has 0 aliphatic heterocycles. The van der Waals surface area contributed by atoms with Gasteiger partial charge in [-0.05, 0) is 55.2 Å². The largest absolute Gasteiger partial charge is 0.351 e. The lowest BCUT2D eigenvalue weighted by Crippen LogP contribution is -2.35. The van der Waals surface area contributed by atoms with Crippen LogP contribution in [0.25, 0.3) is 11.8 Å². The van der Waals surface area contributed by atoms with E-state index in [0.717, 1.165) is 22.6 Å². The first-order valence-electron chi connectivity index (χ1n) is 8.26. The predicted octanol–water partition coefficient (Wildman–Crippen LogP) is 3.32. The third-order valence-electron chi connectivity index (χ3n) is 4.19. The highest BCUT2D eigenvalue weighted by molar-refractivity contribution is 6.08. The molecule has 2 aromatic rings. The van der Waals surface area contributed by atoms with E-state index in [4.69, 9.17) is 5.73 Å². The zero-order valence-corrected chi connectivity index (χ0v) is 15.3. The summed E-state index contributed by atoms with van der Waals surface area (Å²) in [4.78, 5) is 22.7. The summed E-state index contributed by atoms with van der Waals surface area (Å²) in [5, 5.41) is 11.1. The zero-order chi connectivity index (χ0) is 19.4. The summed E-state index contributed by atoms with van der Waals surface area (Å²) in [6.07, 6.45) is 1.46. The Bertz CT molecular complexity index is 913. The summed E-state index contributed by atoms with van der Waals surface area (Å²) >= 11 is 0. The number of nitriles is 1. The van der Waals surface area contributed by atoms with Crippen LogP contribution in [0, 0.1) is 25.2 Å². The lowest BCUT2D eigenvalue weighted by atomic mass is 10.0. The first-order valence-corrected chi connectivity index (χ1v) is 8.26. The van der Waals surface area contributed by atoms with E-state index < -0.39 is 11.9 Å². The van der Waals surface area contributed by atoms with Gasteiger partial charge in [0, 0.05) is 17.1 Å². The normalized spacial score (nSPS) is 11.3. The SMILES string of the molecule is Cc1cc(/C=C(/C#N)C(=O)NC(N)=O)c(C)n1-c1ccc(C(C)C)cc1. The van der Waals surface area contributed by atoms with Gasteiger partial charge in [0.05, 0.1) is 0 Å². The van der Waals surface area contributed by atoms with Crippen LogP contribution in [0.2, 0.25) is 0 Å². The second-order valence-corrected chi connectivity index (χ2v) is 6.40. The number of nitrogens with two attached hydrogens (primary N) is 1. The minimum Gasteiger partial charge on any atom is -0.351 e. The maximum atomic E-state index is 11.9. The van der Waals surface area contributed by atoms with Crippen LogP contribution in [0.15, 0.2) is 35.9 Å². The van der Waals surface area contributed by atoms with E-state index in [1.54, 1.807) is 6.07 Å². The maximum absolute atomic E-state index is 11.9. The van der Waals surface area contributed by atoms with Gasteiger partial charge in [-0.25, -0.2) is 4.79 Å². The number of nitrogens with one attached hydrogen (secondary N) is 1. The van der Waals surface area contributed by atoms with E-state index in [2.05, 4.69) is 30.5 Å². The fourth-order valence-corrected chi connectivity index (χ4v) is 2.82. The molecule has 0 aliphatic rings. The molecule has 1 heterocycles. The van der Waals surface area contributed by atoms with Crippen LogP contribution >= 0.6 is 0 Å². The highest BCUT2D eigenvalue weighted by Crippen LogP contribution is 2.24. The summed E-state index contributed by atoms with van der Waals surface area (Å²) in [6.45, 7) is 8.15. The third kappa shape index (κ3) is 4.01. The number of hydrogen-bond acceptors (Lipinski definition) is 3. The van der Waals surface area contributed by atoms with Crippen molar-refractivity contribution in [3.8, 4) is 11.8 Å². The van der Waals surface area contributed by atoms with Crippen LogP contribution in [-0.2, 0) is 4.79 Å². The van der Waals surface area contributed by atoms with Gasteiger partial charge in [-0.1, -0.05) is 26.0 Å². The van der Waals surface area contributed by atoms with Crippen molar-refractivity contribution in [2.24, 2.45) is 5.73 Å². The van der Waals surface area contributed by atoms with Crippen LogP contribution in [0.1, 0.15) is 42.3 Å². The molecule has 0 aliphatic carbocycles. The smallest absolute Gasteiger partial charge is 0.319 e. The Morgan fingerprint density at radius 3 is 2.35 bits per heavy atom. The number of urea groups is 1. The molecule has 3 amide bonds. The Morgan fingerprint density at radius 2 is 1.85 bits per heavy atom. The van der Waals surface area contributed by atoms with Gasteiger partial charge in [-0.2, -0.15) is 5.26 Å². The zero-order valence-electron chi connectivity index (χ0n) is 15.3. The van der Waals surface area contributed by atoms with Gasteiger partial charge in [0.25, 0.3) is 5.91 Å². The molecule has 0 bridgehead atoms. The van der Waals surface area contributed by atoms with Crippen LogP contribution in [0.3, 0.4) is 0 Å². The van der Waals surface area contributed by atoms with E-state index in [1.807, 2.05) is 37.4 Å². The molecule has 134 valence electrons. The molecule has 0 saturated heterocycles. The van der Waals surface area contributed by atoms with Crippen LogP contribution in [0.4, 0.5) is 4.79 Å². The van der Waals surface area contributed by atoms with Crippen molar-refractivity contribution in [3.05, 3.63) is 58.4 Å². The standard InChI is InChI=1S/C20H22N4O2/c1-12(2)15-5-7-18(8-6-15)24-13(3)9-16(14(24)4)10-17(11-21)19(25)23-20(22)26/h5-10,12H,1-4H3,(H3,22,23,25,26)/b17-10-. The highest BCUT2D eigenvalue weighted by Gasteiger charge is 2.15. The van der Waals surface area contributed by atoms with Gasteiger partial charge in [0.15, 0.2) is 0 Å². The van der Waals surface area contributed by atoms with Gasteiger partial charge >= 0.3 is 6.03 Å². The molecule has 26 heavy (non-hydrogen) atoms. The molecular formula is C20H22N4O2. The van der Waals surface area contributed by atoms with Crippen molar-refractivity contribution in [2.75, 3.05) is 0 Å². The average molecular weight is 350 g/mol. The maximum Gasteiger partial charge on any atom is 0.319 e. The van der Waals surface area contributed by atoms with Crippen molar-refractivity contribution in [1.82, 2.24) is 9.88 Å². The molecule has 0 unspecified atom stereocenters. The lowest BCUT2D eigenvalue weighted by molar-refractivity contribution is -0.115. The predicted molar refractivity (Wildman–Crippen MR) is 101 cm³/mol. The average Bonchev–Trinajstić information content (AvgIpc) is 2.85. The third-order valence-corrected chi connectivity index (χ3v) is 4.19. The Morgan fingerprint density at radius 1 is 1.23 bits per heavy atom. The summed E-state index contributed by atoms with van der Waals surface area (Å²) < 4.78 is 2.05. The number of rotatable bonds is 4. The highest BCUT2D eigenvalue weighted by atomic mass is 16.2. The number of imide groups is 1. The van der Waals surface area contributed by atoms with Crippen LogP contribution in [0.5, 0.6) is 0 Å². The summed E-state index contributed by atoms with van der Waals surface area (Å²) in [5.74, 6) is -0.359. The Hall–Kier alpha value is -3.33. The van der Waals surface area contributed by atoms with E-state index >= 15 is 0 Å². The second kappa shape index (κ2) is 7.70. The minimum absolute atomic E-state index is 0.181. The fraction of sp³-hybridized carbons (Fsp3) is 0.250. The lowest BCUT2D eigenvalue weighted by Gasteiger charge is -2.12. The summed E-state index contributed by atoms with van der Waals surface area (Å²) in [7, 11) is 0. The first kappa shape index (κ1) is 19.0. The van der Waals surface area contributed by atoms with Crippen molar-refractivity contribution in [1.29, 1.82) is 5.26 Å². The number of aromatic nitrogens is 1. The minimum atomic E-state index is -0.994. The molecule has 6 nitrogen and oxygen atoms in total. The number of primary amides is 1. The molecule has 0 spiro atoms. The molecule has 2 rings (SSSR count). The van der Waals surface area contributed by atoms with Crippen molar-refractivity contribution >= 4 is 18.0 Å². The molecule has 1 aromatic heterocycles. The Balaban J connectivity index is 2.44. The Labute approximate surface area is 152 Å². The molecule has 0 saturated carbocycles. The van der Waals surface area contributed by atoms with Crippen molar-refractivity contribution in [2.45, 2.75) is 33.6 Å². The number of hydrogen-bond donors (Lipinski definition) is 2. The van der Waals surface area contributed by atoms with Gasteiger partial charge in [-0.15, -0.1) is 0 Å². The number of benzene rings is 1. The van der Waals surface area contributed by atoms with Crippen molar-refractivity contribution < 1.29 is 9.59 Å². The number of amides is 3. The summed E-state index contributed by atoms with van der Waals surface area (Å²) in [6, 6.07) is 11.0. The first-order chi connectivity index (χ1) is 12.2. The van der Waals surface area contributed by atoms with E-state index in [9.17, 15) is 14.9 Å². The van der Waals surface area contributed by atoms with Crippen molar-refractivity contribution in [3.63, 3.8) is 0 Å². The monoisotopic (exact) mass is 350 g/mol. The number of carbonyl (C=O) groups excluding carboxylic acids is 2. The van der Waals surface area contributed by atoms with Gasteiger partial charge in [0.2, 0.25) is 0 Å². The van der Waals surface area contributed by atoms with E-state index in [0.29, 0.717) is 5.92 Å². The molecular weight excluding hydrogens is 328 g/mol. The topological polar surface area (TPSA) is 101 Å². The van der Waals surface area contributed by atoms with Gasteiger partial charge in [-0.3, -0.25) is 10.1 Å². The molecule has 0 fully saturated rings. The molecule has 0 radical (unpaired) electrons. The quantitative estimate of drug-likeness (QED) is 0.653.